The van der Waals surface area contributed by atoms with Crippen LogP contribution in [0.25, 0.3) is 0 Å². The summed E-state index contributed by atoms with van der Waals surface area (Å²) in [6.45, 7) is 0. The normalized spacial score (nSPS) is 10.1. The summed E-state index contributed by atoms with van der Waals surface area (Å²) in [7, 11) is 1.56. The lowest BCUT2D eigenvalue weighted by Gasteiger charge is -2.08. The zero-order valence-electron chi connectivity index (χ0n) is 11.0. The molecule has 0 aliphatic carbocycles. The van der Waals surface area contributed by atoms with Crippen LogP contribution < -0.4 is 10.9 Å². The molecule has 0 saturated heterocycles. The first-order valence-electron chi connectivity index (χ1n) is 5.93. The van der Waals surface area contributed by atoms with E-state index >= 15 is 0 Å². The molecule has 0 unspecified atom stereocenters. The monoisotopic (exact) mass is 288 g/mol. The molecule has 0 saturated carbocycles. The highest BCUT2D eigenvalue weighted by Crippen LogP contribution is 2.24. The minimum Gasteiger partial charge on any atom is -0.506 e. The Morgan fingerprint density at radius 3 is 2.43 bits per heavy atom. The third-order valence-corrected chi connectivity index (χ3v) is 2.86. The fraction of sp³-hybridized carbons (Fsp3) is 0.0714. The van der Waals surface area contributed by atoms with Crippen LogP contribution in [0, 0.1) is 0 Å². The maximum atomic E-state index is 12.0. The summed E-state index contributed by atoms with van der Waals surface area (Å²) in [5.74, 6) is -2.13. The van der Waals surface area contributed by atoms with Gasteiger partial charge in [0.15, 0.2) is 0 Å². The molecule has 2 aromatic rings. The molecular weight excluding hydrogens is 276 g/mol. The number of aryl methyl sites for hydroxylation is 1. The first-order valence-corrected chi connectivity index (χ1v) is 5.93. The number of carboxylic acid groups (broad SMARTS) is 1. The second-order valence-corrected chi connectivity index (χ2v) is 4.36. The average Bonchev–Trinajstić information content (AvgIpc) is 2.43. The van der Waals surface area contributed by atoms with Gasteiger partial charge in [0.05, 0.1) is 11.3 Å². The maximum absolute atomic E-state index is 12.0. The van der Waals surface area contributed by atoms with Gasteiger partial charge in [0.2, 0.25) is 0 Å². The highest BCUT2D eigenvalue weighted by molar-refractivity contribution is 6.05. The fourth-order valence-electron chi connectivity index (χ4n) is 1.65. The first kappa shape index (κ1) is 14.3. The molecule has 7 heteroatoms. The predicted octanol–water partition coefficient (Wildman–Crippen LogP) is 1.04. The number of rotatable bonds is 3. The van der Waals surface area contributed by atoms with Crippen molar-refractivity contribution in [3.05, 3.63) is 58.0 Å². The molecular formula is C14H12N2O5. The summed E-state index contributed by atoms with van der Waals surface area (Å²) >= 11 is 0. The van der Waals surface area contributed by atoms with Crippen LogP contribution in [-0.2, 0) is 7.05 Å². The van der Waals surface area contributed by atoms with E-state index in [0.717, 1.165) is 12.1 Å². The Morgan fingerprint density at radius 2 is 1.86 bits per heavy atom. The summed E-state index contributed by atoms with van der Waals surface area (Å²) in [6, 6.07) is 6.18. The van der Waals surface area contributed by atoms with E-state index in [2.05, 4.69) is 5.32 Å². The van der Waals surface area contributed by atoms with Crippen molar-refractivity contribution in [3.63, 3.8) is 0 Å². The second-order valence-electron chi connectivity index (χ2n) is 4.36. The van der Waals surface area contributed by atoms with Crippen LogP contribution in [0.5, 0.6) is 5.75 Å². The molecule has 0 aliphatic rings. The Bertz CT molecular complexity index is 779. The van der Waals surface area contributed by atoms with Gasteiger partial charge in [0.25, 0.3) is 11.5 Å². The topological polar surface area (TPSA) is 109 Å². The van der Waals surface area contributed by atoms with E-state index in [1.54, 1.807) is 7.05 Å². The van der Waals surface area contributed by atoms with Crippen molar-refractivity contribution in [1.82, 2.24) is 4.57 Å². The minimum absolute atomic E-state index is 0.0608. The van der Waals surface area contributed by atoms with Crippen LogP contribution >= 0.6 is 0 Å². The number of aromatic carboxylic acids is 1. The summed E-state index contributed by atoms with van der Waals surface area (Å²) in [4.78, 5) is 34.2. The Morgan fingerprint density at radius 1 is 1.14 bits per heavy atom. The van der Waals surface area contributed by atoms with Crippen molar-refractivity contribution in [2.24, 2.45) is 7.05 Å². The lowest BCUT2D eigenvalue weighted by atomic mass is 10.1. The van der Waals surface area contributed by atoms with Crippen LogP contribution in [0.2, 0.25) is 0 Å². The molecule has 21 heavy (non-hydrogen) atoms. The average molecular weight is 288 g/mol. The number of nitrogens with zero attached hydrogens (tertiary/aromatic N) is 1. The summed E-state index contributed by atoms with van der Waals surface area (Å²) < 4.78 is 1.32. The number of aromatic nitrogens is 1. The van der Waals surface area contributed by atoms with Crippen molar-refractivity contribution >= 4 is 17.6 Å². The SMILES string of the molecule is Cn1ccc(C(=O)Nc2ccc(C(=O)O)cc2O)cc1=O. The molecule has 0 radical (unpaired) electrons. The van der Waals surface area contributed by atoms with Crippen LogP contribution in [0.4, 0.5) is 5.69 Å². The van der Waals surface area contributed by atoms with Crippen molar-refractivity contribution in [3.8, 4) is 5.75 Å². The summed E-state index contributed by atoms with van der Waals surface area (Å²) in [5, 5.41) is 20.9. The molecule has 1 heterocycles. The predicted molar refractivity (Wildman–Crippen MR) is 74.7 cm³/mol. The number of phenols is 1. The van der Waals surface area contributed by atoms with E-state index in [1.807, 2.05) is 0 Å². The Balaban J connectivity index is 2.25. The van der Waals surface area contributed by atoms with Crippen molar-refractivity contribution < 1.29 is 19.8 Å². The van der Waals surface area contributed by atoms with E-state index < -0.39 is 11.9 Å². The second kappa shape index (κ2) is 5.49. The van der Waals surface area contributed by atoms with Gasteiger partial charge in [-0.25, -0.2) is 4.79 Å². The Labute approximate surface area is 119 Å². The number of hydrogen-bond donors (Lipinski definition) is 3. The van der Waals surface area contributed by atoms with Gasteiger partial charge in [-0.3, -0.25) is 9.59 Å². The molecule has 0 bridgehead atoms. The molecule has 108 valence electrons. The number of carboxylic acids is 1. The number of pyridine rings is 1. The number of carbonyl (C=O) groups excluding carboxylic acids is 1. The molecule has 1 amide bonds. The lowest BCUT2D eigenvalue weighted by molar-refractivity contribution is 0.0696. The third kappa shape index (κ3) is 3.08. The van der Waals surface area contributed by atoms with Gasteiger partial charge in [-0.2, -0.15) is 0 Å². The van der Waals surface area contributed by atoms with E-state index in [0.29, 0.717) is 0 Å². The van der Waals surface area contributed by atoms with E-state index in [9.17, 15) is 19.5 Å². The van der Waals surface area contributed by atoms with Crippen molar-refractivity contribution in [1.29, 1.82) is 0 Å². The quantitative estimate of drug-likeness (QED) is 0.731. The van der Waals surface area contributed by atoms with E-state index in [1.165, 1.54) is 29.0 Å². The van der Waals surface area contributed by atoms with E-state index in [4.69, 9.17) is 5.11 Å². The van der Waals surface area contributed by atoms with Crippen LogP contribution in [0.15, 0.2) is 41.3 Å². The highest BCUT2D eigenvalue weighted by atomic mass is 16.4. The molecule has 0 fully saturated rings. The number of phenolic OH excluding ortho intramolecular Hbond substituents is 1. The zero-order valence-corrected chi connectivity index (χ0v) is 11.0. The lowest BCUT2D eigenvalue weighted by Crippen LogP contribution is -2.20. The molecule has 2 rings (SSSR count). The van der Waals surface area contributed by atoms with Gasteiger partial charge < -0.3 is 20.1 Å². The van der Waals surface area contributed by atoms with Crippen molar-refractivity contribution in [2.75, 3.05) is 5.32 Å². The maximum Gasteiger partial charge on any atom is 0.335 e. The first-order chi connectivity index (χ1) is 9.88. The molecule has 3 N–H and O–H groups in total. The number of carbonyl (C=O) groups is 2. The minimum atomic E-state index is -1.19. The fourth-order valence-corrected chi connectivity index (χ4v) is 1.65. The van der Waals surface area contributed by atoms with Crippen LogP contribution in [-0.4, -0.2) is 26.7 Å². The summed E-state index contributed by atoms with van der Waals surface area (Å²) in [5.41, 5.74) is -0.238. The number of anilines is 1. The van der Waals surface area contributed by atoms with E-state index in [-0.39, 0.29) is 28.1 Å². The highest BCUT2D eigenvalue weighted by Gasteiger charge is 2.12. The number of hydrogen-bond acceptors (Lipinski definition) is 4. The summed E-state index contributed by atoms with van der Waals surface area (Å²) in [6.07, 6.45) is 1.45. The number of benzene rings is 1. The molecule has 1 aromatic heterocycles. The molecule has 7 nitrogen and oxygen atoms in total. The number of aromatic hydroxyl groups is 1. The Hall–Kier alpha value is -3.09. The Kier molecular flexibility index (Phi) is 3.75. The van der Waals surface area contributed by atoms with Crippen molar-refractivity contribution in [2.45, 2.75) is 0 Å². The molecule has 0 spiro atoms. The number of amides is 1. The zero-order chi connectivity index (χ0) is 15.6. The number of nitrogens with one attached hydrogen (secondary N) is 1. The van der Waals surface area contributed by atoms with Gasteiger partial charge in [-0.1, -0.05) is 0 Å². The standard InChI is InChI=1S/C14H12N2O5/c1-16-5-4-8(7-12(16)18)13(19)15-10-3-2-9(14(20)21)6-11(10)17/h2-7,17H,1H3,(H,15,19)(H,20,21). The van der Waals surface area contributed by atoms with Gasteiger partial charge in [-0.05, 0) is 24.3 Å². The molecule has 0 aliphatic heterocycles. The van der Waals surface area contributed by atoms with Gasteiger partial charge >= 0.3 is 5.97 Å². The van der Waals surface area contributed by atoms with Gasteiger partial charge in [0.1, 0.15) is 5.75 Å². The van der Waals surface area contributed by atoms with Gasteiger partial charge in [-0.15, -0.1) is 0 Å². The van der Waals surface area contributed by atoms with Crippen LogP contribution in [0.1, 0.15) is 20.7 Å². The smallest absolute Gasteiger partial charge is 0.335 e. The molecule has 1 aromatic carbocycles. The van der Waals surface area contributed by atoms with Crippen LogP contribution in [0.3, 0.4) is 0 Å². The van der Waals surface area contributed by atoms with Gasteiger partial charge in [0, 0.05) is 24.9 Å². The molecule has 0 atom stereocenters. The largest absolute Gasteiger partial charge is 0.506 e. The third-order valence-electron chi connectivity index (χ3n) is 2.86.